The summed E-state index contributed by atoms with van der Waals surface area (Å²) in [7, 11) is 0. The first kappa shape index (κ1) is 10.3. The Balaban J connectivity index is 2.14. The molecular formula is C15H18. The molecule has 0 spiro atoms. The minimum atomic E-state index is 1.15. The highest BCUT2D eigenvalue weighted by molar-refractivity contribution is 5.44. The fourth-order valence-electron chi connectivity index (χ4n) is 2.24. The zero-order valence-corrected chi connectivity index (χ0v) is 9.31. The zero-order chi connectivity index (χ0) is 10.5. The lowest BCUT2D eigenvalue weighted by molar-refractivity contribution is 0.697. The molecule has 0 saturated heterocycles. The van der Waals surface area contributed by atoms with Crippen molar-refractivity contribution in [2.45, 2.75) is 44.9 Å². The zero-order valence-electron chi connectivity index (χ0n) is 9.31. The second-order valence-electron chi connectivity index (χ2n) is 4.29. The van der Waals surface area contributed by atoms with Crippen molar-refractivity contribution in [2.75, 3.05) is 0 Å². The van der Waals surface area contributed by atoms with Crippen LogP contribution in [0.15, 0.2) is 35.5 Å². The van der Waals surface area contributed by atoms with E-state index in [4.69, 9.17) is 0 Å². The summed E-state index contributed by atoms with van der Waals surface area (Å²) in [6.45, 7) is 3.87. The molecule has 0 unspecified atom stereocenters. The molecular weight excluding hydrogens is 180 g/mol. The average molecular weight is 198 g/mol. The van der Waals surface area contributed by atoms with Crippen LogP contribution in [0, 0.1) is 11.8 Å². The summed E-state index contributed by atoms with van der Waals surface area (Å²) in [6, 6.07) is 0. The van der Waals surface area contributed by atoms with E-state index in [2.05, 4.69) is 24.5 Å². The van der Waals surface area contributed by atoms with Gasteiger partial charge in [-0.15, -0.1) is 0 Å². The van der Waals surface area contributed by atoms with Crippen LogP contribution in [0.3, 0.4) is 0 Å². The van der Waals surface area contributed by atoms with Crippen LogP contribution in [0.5, 0.6) is 0 Å². The molecule has 2 aliphatic carbocycles. The Hall–Kier alpha value is -1.22. The molecule has 0 heteroatoms. The number of hydrogen-bond donors (Lipinski definition) is 0. The third-order valence-corrected chi connectivity index (χ3v) is 3.17. The fourth-order valence-corrected chi connectivity index (χ4v) is 2.24. The Kier molecular flexibility index (Phi) is 3.45. The lowest BCUT2D eigenvalue weighted by Crippen LogP contribution is -1.96. The molecule has 0 aliphatic heterocycles. The van der Waals surface area contributed by atoms with Crippen molar-refractivity contribution in [1.82, 2.24) is 0 Å². The first-order valence-corrected chi connectivity index (χ1v) is 5.95. The minimum Gasteiger partial charge on any atom is -0.0988 e. The number of hydrogen-bond acceptors (Lipinski definition) is 0. The molecule has 0 aromatic carbocycles. The summed E-state index contributed by atoms with van der Waals surface area (Å²) >= 11 is 0. The van der Waals surface area contributed by atoms with Crippen molar-refractivity contribution < 1.29 is 0 Å². The average Bonchev–Trinajstić information content (AvgIpc) is 2.79. The molecule has 0 aromatic rings. The van der Waals surface area contributed by atoms with Crippen molar-refractivity contribution >= 4 is 0 Å². The van der Waals surface area contributed by atoms with Crippen molar-refractivity contribution in [3.05, 3.63) is 35.5 Å². The van der Waals surface area contributed by atoms with Gasteiger partial charge in [0.25, 0.3) is 0 Å². The van der Waals surface area contributed by atoms with Gasteiger partial charge in [0.05, 0.1) is 0 Å². The highest BCUT2D eigenvalue weighted by Gasteiger charge is 2.08. The van der Waals surface area contributed by atoms with E-state index in [0.29, 0.717) is 0 Å². The standard InChI is InChI=1S/C15H18/c1-2-14-9-5-6-10-15(14)12-11-13-7-3-4-8-13/h2,7H,1,3-6,8-10H2. The monoisotopic (exact) mass is 198 g/mol. The number of allylic oxidation sites excluding steroid dienone is 5. The molecule has 2 rings (SSSR count). The molecule has 0 radical (unpaired) electrons. The van der Waals surface area contributed by atoms with Gasteiger partial charge in [0.15, 0.2) is 0 Å². The smallest absolute Gasteiger partial charge is 0.00557 e. The molecule has 0 amide bonds. The van der Waals surface area contributed by atoms with Gasteiger partial charge >= 0.3 is 0 Å². The summed E-state index contributed by atoms with van der Waals surface area (Å²) in [5, 5.41) is 0. The maximum absolute atomic E-state index is 3.87. The summed E-state index contributed by atoms with van der Waals surface area (Å²) in [6.07, 6.45) is 12.9. The molecule has 0 atom stereocenters. The molecule has 15 heavy (non-hydrogen) atoms. The Morgan fingerprint density at radius 1 is 1.07 bits per heavy atom. The number of rotatable bonds is 1. The Morgan fingerprint density at radius 3 is 2.67 bits per heavy atom. The van der Waals surface area contributed by atoms with Gasteiger partial charge in [-0.05, 0) is 56.1 Å². The summed E-state index contributed by atoms with van der Waals surface area (Å²) in [4.78, 5) is 0. The maximum atomic E-state index is 3.87. The van der Waals surface area contributed by atoms with Crippen LogP contribution >= 0.6 is 0 Å². The topological polar surface area (TPSA) is 0 Å². The van der Waals surface area contributed by atoms with Crippen LogP contribution in [0.25, 0.3) is 0 Å². The van der Waals surface area contributed by atoms with Gasteiger partial charge in [-0.2, -0.15) is 0 Å². The minimum absolute atomic E-state index is 1.15. The van der Waals surface area contributed by atoms with Crippen LogP contribution in [-0.4, -0.2) is 0 Å². The Morgan fingerprint density at radius 2 is 1.93 bits per heavy atom. The van der Waals surface area contributed by atoms with E-state index in [-0.39, 0.29) is 0 Å². The molecule has 0 heterocycles. The second-order valence-corrected chi connectivity index (χ2v) is 4.29. The maximum Gasteiger partial charge on any atom is 0.00557 e. The van der Waals surface area contributed by atoms with Gasteiger partial charge < -0.3 is 0 Å². The van der Waals surface area contributed by atoms with Gasteiger partial charge in [0, 0.05) is 5.57 Å². The largest absolute Gasteiger partial charge is 0.0988 e. The van der Waals surface area contributed by atoms with Gasteiger partial charge in [-0.25, -0.2) is 0 Å². The molecule has 78 valence electrons. The fraction of sp³-hybridized carbons (Fsp3) is 0.467. The van der Waals surface area contributed by atoms with Gasteiger partial charge in [-0.3, -0.25) is 0 Å². The van der Waals surface area contributed by atoms with E-state index in [0.717, 1.165) is 6.42 Å². The van der Waals surface area contributed by atoms with Crippen LogP contribution in [0.2, 0.25) is 0 Å². The van der Waals surface area contributed by atoms with Crippen molar-refractivity contribution in [3.8, 4) is 11.8 Å². The van der Waals surface area contributed by atoms with E-state index < -0.39 is 0 Å². The molecule has 0 N–H and O–H groups in total. The molecule has 0 saturated carbocycles. The third kappa shape index (κ3) is 2.63. The van der Waals surface area contributed by atoms with E-state index in [1.165, 1.54) is 55.2 Å². The van der Waals surface area contributed by atoms with Crippen LogP contribution in [-0.2, 0) is 0 Å². The predicted octanol–water partition coefficient (Wildman–Crippen LogP) is 4.16. The van der Waals surface area contributed by atoms with E-state index in [9.17, 15) is 0 Å². The molecule has 0 bridgehead atoms. The van der Waals surface area contributed by atoms with Crippen LogP contribution in [0.4, 0.5) is 0 Å². The van der Waals surface area contributed by atoms with Gasteiger partial charge in [0.2, 0.25) is 0 Å². The Bertz CT molecular complexity index is 369. The summed E-state index contributed by atoms with van der Waals surface area (Å²) < 4.78 is 0. The van der Waals surface area contributed by atoms with Crippen LogP contribution in [0.1, 0.15) is 44.9 Å². The van der Waals surface area contributed by atoms with E-state index >= 15 is 0 Å². The van der Waals surface area contributed by atoms with E-state index in [1.54, 1.807) is 0 Å². The normalized spacial score (nSPS) is 20.7. The van der Waals surface area contributed by atoms with Crippen molar-refractivity contribution in [3.63, 3.8) is 0 Å². The summed E-state index contributed by atoms with van der Waals surface area (Å²) in [5.74, 6) is 6.68. The highest BCUT2D eigenvalue weighted by Crippen LogP contribution is 2.25. The first-order valence-electron chi connectivity index (χ1n) is 5.95. The lowest BCUT2D eigenvalue weighted by Gasteiger charge is -2.13. The molecule has 0 nitrogen and oxygen atoms in total. The van der Waals surface area contributed by atoms with Crippen molar-refractivity contribution in [2.24, 2.45) is 0 Å². The quantitative estimate of drug-likeness (QED) is 0.555. The molecule has 2 aliphatic rings. The van der Waals surface area contributed by atoms with Crippen molar-refractivity contribution in [1.29, 1.82) is 0 Å². The lowest BCUT2D eigenvalue weighted by atomic mass is 9.92. The van der Waals surface area contributed by atoms with Gasteiger partial charge in [0.1, 0.15) is 0 Å². The second kappa shape index (κ2) is 5.03. The highest BCUT2D eigenvalue weighted by atomic mass is 14.1. The molecule has 0 aromatic heterocycles. The first-order chi connectivity index (χ1) is 7.40. The van der Waals surface area contributed by atoms with E-state index in [1.807, 2.05) is 6.08 Å². The third-order valence-electron chi connectivity index (χ3n) is 3.17. The Labute approximate surface area is 92.8 Å². The van der Waals surface area contributed by atoms with Crippen LogP contribution < -0.4 is 0 Å². The predicted molar refractivity (Wildman–Crippen MR) is 65.4 cm³/mol. The van der Waals surface area contributed by atoms with Gasteiger partial charge in [-0.1, -0.05) is 30.6 Å². The SMILES string of the molecule is C=CC1=C(C#CC2=CCCC2)CCCC1. The summed E-state index contributed by atoms with van der Waals surface area (Å²) in [5.41, 5.74) is 4.06. The molecule has 0 fully saturated rings.